The standard InChI is InChI=1S/C15H22O3/c1-8(2)15-6-5-9(3)14(15)13(10(4)16)11(17)7-12(15)18/h8-9,12,18H,5-7H2,1-4H3/t9-,12-,15-/m0/s1. The topological polar surface area (TPSA) is 54.4 Å². The lowest BCUT2D eigenvalue weighted by atomic mass is 9.61. The minimum Gasteiger partial charge on any atom is -0.392 e. The molecular formula is C15H22O3. The molecule has 0 heterocycles. The van der Waals surface area contributed by atoms with E-state index in [2.05, 4.69) is 20.8 Å². The molecule has 2 aliphatic rings. The van der Waals surface area contributed by atoms with E-state index in [1.54, 1.807) is 0 Å². The summed E-state index contributed by atoms with van der Waals surface area (Å²) in [6.45, 7) is 7.69. The second-order valence-electron chi connectivity index (χ2n) is 6.12. The van der Waals surface area contributed by atoms with E-state index in [0.29, 0.717) is 5.57 Å². The molecule has 0 aliphatic heterocycles. The summed E-state index contributed by atoms with van der Waals surface area (Å²) in [5.41, 5.74) is 0.974. The number of hydrogen-bond donors (Lipinski definition) is 1. The average molecular weight is 250 g/mol. The van der Waals surface area contributed by atoms with Gasteiger partial charge in [-0.25, -0.2) is 0 Å². The average Bonchev–Trinajstić information content (AvgIpc) is 2.58. The Bertz CT molecular complexity index is 433. The zero-order valence-electron chi connectivity index (χ0n) is 11.6. The van der Waals surface area contributed by atoms with Crippen LogP contribution in [0.3, 0.4) is 0 Å². The van der Waals surface area contributed by atoms with Gasteiger partial charge >= 0.3 is 0 Å². The van der Waals surface area contributed by atoms with Crippen LogP contribution in [0.2, 0.25) is 0 Å². The molecule has 1 fully saturated rings. The molecule has 3 atom stereocenters. The van der Waals surface area contributed by atoms with Crippen LogP contribution in [0, 0.1) is 17.3 Å². The lowest BCUT2D eigenvalue weighted by molar-refractivity contribution is -0.125. The van der Waals surface area contributed by atoms with Gasteiger partial charge in [-0.05, 0) is 37.2 Å². The van der Waals surface area contributed by atoms with Crippen molar-refractivity contribution in [1.82, 2.24) is 0 Å². The molecule has 18 heavy (non-hydrogen) atoms. The second kappa shape index (κ2) is 4.30. The number of Topliss-reactive ketones (excluding diaryl/α,β-unsaturated/α-hetero) is 2. The fraction of sp³-hybridized carbons (Fsp3) is 0.733. The minimum atomic E-state index is -0.631. The Morgan fingerprint density at radius 1 is 1.44 bits per heavy atom. The van der Waals surface area contributed by atoms with Crippen molar-refractivity contribution in [2.75, 3.05) is 0 Å². The molecule has 3 nitrogen and oxygen atoms in total. The number of hydrogen-bond acceptors (Lipinski definition) is 3. The summed E-state index contributed by atoms with van der Waals surface area (Å²) < 4.78 is 0. The van der Waals surface area contributed by atoms with Gasteiger partial charge in [0.05, 0.1) is 11.7 Å². The quantitative estimate of drug-likeness (QED) is 0.765. The summed E-state index contributed by atoms with van der Waals surface area (Å²) in [6.07, 6.45) is 1.30. The highest BCUT2D eigenvalue weighted by Crippen LogP contribution is 2.57. The SMILES string of the molecule is CC(=O)C1=C2[C@@H](C)CC[C@]2(C(C)C)[C@@H](O)CC1=O. The first-order valence-electron chi connectivity index (χ1n) is 6.79. The van der Waals surface area contributed by atoms with Crippen LogP contribution >= 0.6 is 0 Å². The molecule has 1 N–H and O–H groups in total. The smallest absolute Gasteiger partial charge is 0.169 e. The van der Waals surface area contributed by atoms with Gasteiger partial charge in [-0.1, -0.05) is 20.8 Å². The van der Waals surface area contributed by atoms with Gasteiger partial charge in [0.15, 0.2) is 11.6 Å². The Kier molecular flexibility index (Phi) is 3.22. The zero-order chi connectivity index (χ0) is 13.7. The van der Waals surface area contributed by atoms with Crippen molar-refractivity contribution >= 4 is 11.6 Å². The summed E-state index contributed by atoms with van der Waals surface area (Å²) in [6, 6.07) is 0. The van der Waals surface area contributed by atoms with E-state index < -0.39 is 6.10 Å². The van der Waals surface area contributed by atoms with Crippen molar-refractivity contribution in [1.29, 1.82) is 0 Å². The normalized spacial score (nSPS) is 36.2. The largest absolute Gasteiger partial charge is 0.392 e. The molecule has 0 aromatic carbocycles. The van der Waals surface area contributed by atoms with Crippen LogP contribution in [-0.4, -0.2) is 22.8 Å². The van der Waals surface area contributed by atoms with Crippen LogP contribution in [0.25, 0.3) is 0 Å². The van der Waals surface area contributed by atoms with E-state index in [4.69, 9.17) is 0 Å². The van der Waals surface area contributed by atoms with Crippen molar-refractivity contribution in [2.24, 2.45) is 17.3 Å². The number of carbonyl (C=O) groups is 2. The number of aliphatic hydroxyl groups is 1. The highest BCUT2D eigenvalue weighted by atomic mass is 16.3. The Morgan fingerprint density at radius 3 is 2.56 bits per heavy atom. The molecule has 0 radical (unpaired) electrons. The summed E-state index contributed by atoms with van der Waals surface area (Å²) >= 11 is 0. The van der Waals surface area contributed by atoms with Gasteiger partial charge in [-0.2, -0.15) is 0 Å². The molecule has 0 saturated heterocycles. The fourth-order valence-electron chi connectivity index (χ4n) is 4.00. The van der Waals surface area contributed by atoms with Crippen LogP contribution in [0.15, 0.2) is 11.1 Å². The van der Waals surface area contributed by atoms with E-state index >= 15 is 0 Å². The van der Waals surface area contributed by atoms with Crippen molar-refractivity contribution in [3.8, 4) is 0 Å². The van der Waals surface area contributed by atoms with E-state index in [9.17, 15) is 14.7 Å². The van der Waals surface area contributed by atoms with Crippen LogP contribution < -0.4 is 0 Å². The Hall–Kier alpha value is -0.960. The lowest BCUT2D eigenvalue weighted by Crippen LogP contribution is -2.46. The van der Waals surface area contributed by atoms with Crippen LogP contribution in [0.1, 0.15) is 47.0 Å². The monoisotopic (exact) mass is 250 g/mol. The van der Waals surface area contributed by atoms with Gasteiger partial charge in [0, 0.05) is 11.8 Å². The molecule has 0 aromatic rings. The Morgan fingerprint density at radius 2 is 2.06 bits per heavy atom. The first-order valence-corrected chi connectivity index (χ1v) is 6.79. The Balaban J connectivity index is 2.70. The summed E-state index contributed by atoms with van der Waals surface area (Å²) in [7, 11) is 0. The first kappa shape index (κ1) is 13.5. The number of rotatable bonds is 2. The predicted molar refractivity (Wildman–Crippen MR) is 69.0 cm³/mol. The number of carbonyl (C=O) groups excluding carboxylic acids is 2. The molecule has 2 rings (SSSR count). The fourth-order valence-corrected chi connectivity index (χ4v) is 4.00. The number of allylic oxidation sites excluding steroid dienone is 1. The van der Waals surface area contributed by atoms with Crippen LogP contribution in [0.4, 0.5) is 0 Å². The van der Waals surface area contributed by atoms with Crippen LogP contribution in [-0.2, 0) is 9.59 Å². The molecule has 3 heteroatoms. The Labute approximate surface area is 108 Å². The van der Waals surface area contributed by atoms with Gasteiger partial charge in [-0.3, -0.25) is 9.59 Å². The third kappa shape index (κ3) is 1.60. The molecule has 0 aromatic heterocycles. The third-order valence-corrected chi connectivity index (χ3v) is 4.89. The van der Waals surface area contributed by atoms with E-state index in [1.807, 2.05) is 0 Å². The van der Waals surface area contributed by atoms with Crippen molar-refractivity contribution in [2.45, 2.75) is 53.1 Å². The van der Waals surface area contributed by atoms with Crippen molar-refractivity contribution in [3.05, 3.63) is 11.1 Å². The molecular weight excluding hydrogens is 228 g/mol. The predicted octanol–water partition coefficient (Wildman–Crippen LogP) is 2.28. The molecule has 0 spiro atoms. The molecule has 2 aliphatic carbocycles. The van der Waals surface area contributed by atoms with Crippen molar-refractivity contribution in [3.63, 3.8) is 0 Å². The van der Waals surface area contributed by atoms with Gasteiger partial charge in [0.2, 0.25) is 0 Å². The van der Waals surface area contributed by atoms with Gasteiger partial charge in [0.1, 0.15) is 0 Å². The molecule has 0 amide bonds. The molecule has 100 valence electrons. The summed E-state index contributed by atoms with van der Waals surface area (Å²) in [4.78, 5) is 23.9. The second-order valence-corrected chi connectivity index (χ2v) is 6.12. The number of ketones is 2. The van der Waals surface area contributed by atoms with Gasteiger partial charge in [-0.15, -0.1) is 0 Å². The lowest BCUT2D eigenvalue weighted by Gasteiger charge is -2.44. The highest BCUT2D eigenvalue weighted by molar-refractivity contribution is 6.21. The zero-order valence-corrected chi connectivity index (χ0v) is 11.6. The van der Waals surface area contributed by atoms with Crippen molar-refractivity contribution < 1.29 is 14.7 Å². The third-order valence-electron chi connectivity index (χ3n) is 4.89. The maximum Gasteiger partial charge on any atom is 0.169 e. The maximum absolute atomic E-state index is 12.1. The molecule has 0 bridgehead atoms. The van der Waals surface area contributed by atoms with E-state index in [1.165, 1.54) is 6.92 Å². The van der Waals surface area contributed by atoms with Gasteiger partial charge < -0.3 is 5.11 Å². The summed E-state index contributed by atoms with van der Waals surface area (Å²) in [5, 5.41) is 10.4. The summed E-state index contributed by atoms with van der Waals surface area (Å²) in [5.74, 6) is 0.163. The van der Waals surface area contributed by atoms with Crippen LogP contribution in [0.5, 0.6) is 0 Å². The van der Waals surface area contributed by atoms with Gasteiger partial charge in [0.25, 0.3) is 0 Å². The molecule has 0 unspecified atom stereocenters. The van der Waals surface area contributed by atoms with E-state index in [0.717, 1.165) is 18.4 Å². The number of fused-ring (bicyclic) bond motifs is 1. The number of aliphatic hydroxyl groups excluding tert-OH is 1. The highest BCUT2D eigenvalue weighted by Gasteiger charge is 2.54. The first-order chi connectivity index (χ1) is 8.32. The molecule has 1 saturated carbocycles. The maximum atomic E-state index is 12.1. The van der Waals surface area contributed by atoms with E-state index in [-0.39, 0.29) is 35.2 Å². The minimum absolute atomic E-state index is 0.101.